The number of hydrogen-bond acceptors (Lipinski definition) is 3. The van der Waals surface area contributed by atoms with Crippen molar-refractivity contribution < 1.29 is 9.48 Å². The van der Waals surface area contributed by atoms with Crippen LogP contribution in [-0.2, 0) is 11.2 Å². The number of anilines is 1. The largest absolute Gasteiger partial charge is 0.385 e. The lowest BCUT2D eigenvalue weighted by Gasteiger charge is -2.29. The van der Waals surface area contributed by atoms with Gasteiger partial charge in [0.25, 0.3) is 0 Å². The molecule has 25 heavy (non-hydrogen) atoms. The summed E-state index contributed by atoms with van der Waals surface area (Å²) in [6, 6.07) is 18.1. The van der Waals surface area contributed by atoms with Crippen LogP contribution in [0.15, 0.2) is 66.1 Å². The van der Waals surface area contributed by atoms with Gasteiger partial charge < -0.3 is 4.90 Å². The molecular weight excluding hydrogens is 332 g/mol. The monoisotopic (exact) mass is 351 g/mol. The molecule has 0 saturated heterocycles. The van der Waals surface area contributed by atoms with E-state index in [4.69, 9.17) is 0 Å². The average molecular weight is 351 g/mol. The molecule has 0 aliphatic carbocycles. The van der Waals surface area contributed by atoms with Crippen molar-refractivity contribution in [3.63, 3.8) is 0 Å². The summed E-state index contributed by atoms with van der Waals surface area (Å²) < 4.78 is 1.89. The molecule has 1 N–H and O–H groups in total. The first-order chi connectivity index (χ1) is 12.3. The summed E-state index contributed by atoms with van der Waals surface area (Å²) in [4.78, 5) is 19.0. The molecule has 1 aromatic heterocycles. The van der Waals surface area contributed by atoms with Crippen LogP contribution in [-0.4, -0.2) is 28.3 Å². The highest BCUT2D eigenvalue weighted by Gasteiger charge is 2.24. The highest BCUT2D eigenvalue weighted by Crippen LogP contribution is 2.27. The lowest BCUT2D eigenvalue weighted by atomic mass is 10.0. The minimum atomic E-state index is 0.125. The summed E-state index contributed by atoms with van der Waals surface area (Å²) in [5.74, 6) is 0.492. The van der Waals surface area contributed by atoms with E-state index in [2.05, 4.69) is 16.1 Å². The zero-order valence-electron chi connectivity index (χ0n) is 13.8. The van der Waals surface area contributed by atoms with Gasteiger partial charge in [-0.05, 0) is 53.4 Å². The van der Waals surface area contributed by atoms with E-state index in [0.717, 1.165) is 35.9 Å². The number of rotatable bonds is 4. The quantitative estimate of drug-likeness (QED) is 0.581. The van der Waals surface area contributed by atoms with Crippen LogP contribution in [0.1, 0.15) is 12.0 Å². The van der Waals surface area contributed by atoms with Crippen LogP contribution in [0, 0.1) is 0 Å². The fraction of sp³-hybridized carbons (Fsp3) is 0.211. The molecule has 6 heteroatoms. The normalized spacial score (nSPS) is 13.5. The maximum atomic E-state index is 12.8. The van der Waals surface area contributed by atoms with Crippen molar-refractivity contribution in [3.05, 3.63) is 66.5 Å². The average Bonchev–Trinajstić information content (AvgIpc) is 3.15. The van der Waals surface area contributed by atoms with Gasteiger partial charge in [0.05, 0.1) is 5.75 Å². The van der Waals surface area contributed by atoms with Gasteiger partial charge in [0.15, 0.2) is 5.69 Å². The van der Waals surface area contributed by atoms with Gasteiger partial charge in [0, 0.05) is 12.2 Å². The van der Waals surface area contributed by atoms with Gasteiger partial charge in [-0.25, -0.2) is 0 Å². The smallest absolute Gasteiger partial charge is 0.311 e. The number of benzene rings is 2. The Labute approximate surface area is 150 Å². The van der Waals surface area contributed by atoms with Crippen LogP contribution in [0.4, 0.5) is 5.69 Å². The lowest BCUT2D eigenvalue weighted by molar-refractivity contribution is -0.694. The SMILES string of the molecule is O=C(CSc1nc[nH][n+]1-c1ccccc1)N1CCCc2ccccc21. The predicted molar refractivity (Wildman–Crippen MR) is 98.0 cm³/mol. The molecule has 0 fully saturated rings. The Morgan fingerprint density at radius 2 is 1.96 bits per heavy atom. The molecule has 0 unspecified atom stereocenters. The third kappa shape index (κ3) is 3.30. The van der Waals surface area contributed by atoms with Crippen molar-refractivity contribution in [3.8, 4) is 5.69 Å². The first kappa shape index (κ1) is 15.9. The molecule has 1 aliphatic heterocycles. The molecule has 1 amide bonds. The van der Waals surface area contributed by atoms with Crippen molar-refractivity contribution in [1.82, 2.24) is 10.1 Å². The van der Waals surface area contributed by atoms with Gasteiger partial charge in [0.2, 0.25) is 12.2 Å². The summed E-state index contributed by atoms with van der Waals surface area (Å²) >= 11 is 1.45. The van der Waals surface area contributed by atoms with E-state index in [0.29, 0.717) is 5.75 Å². The van der Waals surface area contributed by atoms with E-state index in [1.807, 2.05) is 58.1 Å². The number of nitrogens with one attached hydrogen (secondary N) is 1. The van der Waals surface area contributed by atoms with E-state index < -0.39 is 0 Å². The van der Waals surface area contributed by atoms with Gasteiger partial charge in [0.1, 0.15) is 0 Å². The Bertz CT molecular complexity index is 878. The first-order valence-corrected chi connectivity index (χ1v) is 9.33. The molecule has 2 heterocycles. The summed E-state index contributed by atoms with van der Waals surface area (Å²) in [5.41, 5.74) is 3.31. The number of nitrogens with zero attached hydrogens (tertiary/aromatic N) is 3. The van der Waals surface area contributed by atoms with Crippen LogP contribution in [0.3, 0.4) is 0 Å². The molecule has 1 aliphatic rings. The van der Waals surface area contributed by atoms with Crippen molar-refractivity contribution in [1.29, 1.82) is 0 Å². The van der Waals surface area contributed by atoms with Crippen LogP contribution >= 0.6 is 11.8 Å². The molecule has 0 spiro atoms. The standard InChI is InChI=1S/C19H18N4OS/c24-18(22-12-6-8-15-7-4-5-11-17(15)22)13-25-19-20-14-21-23(19)16-9-2-1-3-10-16/h1-5,7,9-11,14H,6,8,12-13H2/p+1. The van der Waals surface area contributed by atoms with Crippen LogP contribution in [0.25, 0.3) is 5.69 Å². The molecule has 3 aromatic rings. The number of carbonyl (C=O) groups excluding carboxylic acids is 1. The number of thioether (sulfide) groups is 1. The number of para-hydroxylation sites is 2. The van der Waals surface area contributed by atoms with E-state index in [9.17, 15) is 4.79 Å². The van der Waals surface area contributed by atoms with E-state index >= 15 is 0 Å². The number of carbonyl (C=O) groups is 1. The maximum Gasteiger partial charge on any atom is 0.385 e. The minimum absolute atomic E-state index is 0.125. The van der Waals surface area contributed by atoms with Crippen molar-refractivity contribution in [2.75, 3.05) is 17.2 Å². The van der Waals surface area contributed by atoms with Crippen molar-refractivity contribution in [2.45, 2.75) is 18.0 Å². The van der Waals surface area contributed by atoms with Crippen LogP contribution in [0.5, 0.6) is 0 Å². The molecule has 0 bridgehead atoms. The molecule has 4 rings (SSSR count). The molecule has 0 radical (unpaired) electrons. The number of hydrogen-bond donors (Lipinski definition) is 1. The Balaban J connectivity index is 1.48. The number of amides is 1. The summed E-state index contributed by atoms with van der Waals surface area (Å²) in [6.45, 7) is 0.787. The number of fused-ring (bicyclic) bond motifs is 1. The summed E-state index contributed by atoms with van der Waals surface area (Å²) in [5, 5.41) is 3.88. The maximum absolute atomic E-state index is 12.8. The molecule has 126 valence electrons. The lowest BCUT2D eigenvalue weighted by Crippen LogP contribution is -2.38. The fourth-order valence-electron chi connectivity index (χ4n) is 3.12. The van der Waals surface area contributed by atoms with Gasteiger partial charge in [-0.2, -0.15) is 5.10 Å². The number of H-pyrrole nitrogens is 1. The second-order valence-electron chi connectivity index (χ2n) is 5.91. The molecule has 5 nitrogen and oxygen atoms in total. The minimum Gasteiger partial charge on any atom is -0.311 e. The third-order valence-corrected chi connectivity index (χ3v) is 5.24. The Morgan fingerprint density at radius 1 is 1.16 bits per heavy atom. The zero-order chi connectivity index (χ0) is 17.1. The van der Waals surface area contributed by atoms with E-state index in [1.54, 1.807) is 6.33 Å². The van der Waals surface area contributed by atoms with E-state index in [1.165, 1.54) is 17.3 Å². The highest BCUT2D eigenvalue weighted by atomic mass is 32.2. The first-order valence-electron chi connectivity index (χ1n) is 8.35. The Morgan fingerprint density at radius 3 is 2.84 bits per heavy atom. The van der Waals surface area contributed by atoms with Crippen LogP contribution in [0.2, 0.25) is 0 Å². The Kier molecular flexibility index (Phi) is 4.52. The summed E-state index contributed by atoms with van der Waals surface area (Å²) in [6.07, 6.45) is 3.70. The second kappa shape index (κ2) is 7.11. The van der Waals surface area contributed by atoms with E-state index in [-0.39, 0.29) is 5.91 Å². The van der Waals surface area contributed by atoms with Crippen molar-refractivity contribution in [2.24, 2.45) is 0 Å². The van der Waals surface area contributed by atoms with Crippen molar-refractivity contribution >= 4 is 23.4 Å². The van der Waals surface area contributed by atoms with Crippen LogP contribution < -0.4 is 9.58 Å². The summed E-state index contributed by atoms with van der Waals surface area (Å²) in [7, 11) is 0. The second-order valence-corrected chi connectivity index (χ2v) is 6.85. The zero-order valence-corrected chi connectivity index (χ0v) is 14.6. The van der Waals surface area contributed by atoms with Gasteiger partial charge in [-0.3, -0.25) is 4.79 Å². The topological polar surface area (TPSA) is 52.9 Å². The van der Waals surface area contributed by atoms with Gasteiger partial charge in [-0.15, -0.1) is 4.68 Å². The molecule has 0 saturated carbocycles. The number of aryl methyl sites for hydroxylation is 1. The number of aromatic amines is 1. The van der Waals surface area contributed by atoms with Gasteiger partial charge >= 0.3 is 5.16 Å². The molecule has 0 atom stereocenters. The Hall–Kier alpha value is -2.60. The molecular formula is C19H19N4OS+. The highest BCUT2D eigenvalue weighted by molar-refractivity contribution is 7.99. The van der Waals surface area contributed by atoms with Gasteiger partial charge in [-0.1, -0.05) is 36.4 Å². The third-order valence-electron chi connectivity index (χ3n) is 4.30. The molecule has 2 aromatic carbocycles. The predicted octanol–water partition coefficient (Wildman–Crippen LogP) is 2.76. The number of aromatic nitrogens is 3. The fourth-order valence-corrected chi connectivity index (χ4v) is 3.94.